The molecule has 0 aliphatic carbocycles. The maximum atomic E-state index is 3.81. The molecule has 0 amide bonds. The number of hydrogen-bond acceptors (Lipinski definition) is 1. The van der Waals surface area contributed by atoms with Crippen LogP contribution < -0.4 is 5.32 Å². The van der Waals surface area contributed by atoms with Gasteiger partial charge in [-0.1, -0.05) is 50.3 Å². The number of hydrogen-bond donors (Lipinski definition) is 1. The van der Waals surface area contributed by atoms with Crippen LogP contribution in [0, 0.1) is 5.92 Å². The molecule has 0 spiro atoms. The van der Waals surface area contributed by atoms with Gasteiger partial charge in [-0.05, 0) is 24.4 Å². The predicted octanol–water partition coefficient (Wildman–Crippen LogP) is 3.55. The summed E-state index contributed by atoms with van der Waals surface area (Å²) in [6.45, 7) is 9.31. The Morgan fingerprint density at radius 3 is 2.47 bits per heavy atom. The lowest BCUT2D eigenvalue weighted by molar-refractivity contribution is 0.476. The topological polar surface area (TPSA) is 12.0 Å². The molecule has 0 fully saturated rings. The molecular formula is C14H21N. The third-order valence-electron chi connectivity index (χ3n) is 2.38. The van der Waals surface area contributed by atoms with Crippen LogP contribution in [0.2, 0.25) is 0 Å². The predicted molar refractivity (Wildman–Crippen MR) is 66.8 cm³/mol. The van der Waals surface area contributed by atoms with Crippen LogP contribution in [-0.2, 0) is 0 Å². The van der Waals surface area contributed by atoms with Crippen LogP contribution in [0.4, 0.5) is 0 Å². The molecule has 0 bridgehead atoms. The van der Waals surface area contributed by atoms with E-state index in [1.807, 2.05) is 6.08 Å². The molecule has 1 aromatic carbocycles. The van der Waals surface area contributed by atoms with Gasteiger partial charge >= 0.3 is 0 Å². The highest BCUT2D eigenvalue weighted by atomic mass is 14.9. The van der Waals surface area contributed by atoms with E-state index in [1.165, 1.54) is 5.56 Å². The van der Waals surface area contributed by atoms with E-state index in [9.17, 15) is 0 Å². The molecule has 1 rings (SSSR count). The van der Waals surface area contributed by atoms with Gasteiger partial charge < -0.3 is 5.32 Å². The van der Waals surface area contributed by atoms with E-state index in [1.54, 1.807) is 0 Å². The molecule has 0 saturated heterocycles. The molecule has 0 saturated carbocycles. The molecule has 0 aliphatic rings. The smallest absolute Gasteiger partial charge is 0.0354 e. The first kappa shape index (κ1) is 12.0. The van der Waals surface area contributed by atoms with Crippen molar-refractivity contribution in [2.24, 2.45) is 5.92 Å². The fraction of sp³-hybridized carbons (Fsp3) is 0.429. The van der Waals surface area contributed by atoms with Crippen molar-refractivity contribution in [2.45, 2.75) is 26.3 Å². The van der Waals surface area contributed by atoms with Crippen molar-refractivity contribution in [1.29, 1.82) is 0 Å². The van der Waals surface area contributed by atoms with Crippen molar-refractivity contribution in [2.75, 3.05) is 6.54 Å². The van der Waals surface area contributed by atoms with Crippen molar-refractivity contribution < 1.29 is 0 Å². The van der Waals surface area contributed by atoms with Crippen molar-refractivity contribution in [3.63, 3.8) is 0 Å². The fourth-order valence-electron chi connectivity index (χ4n) is 1.57. The molecule has 1 nitrogen and oxygen atoms in total. The number of rotatable bonds is 6. The minimum atomic E-state index is 0.408. The monoisotopic (exact) mass is 203 g/mol. The molecule has 1 atom stereocenters. The van der Waals surface area contributed by atoms with E-state index in [0.29, 0.717) is 12.0 Å². The molecular weight excluding hydrogens is 182 g/mol. The van der Waals surface area contributed by atoms with Crippen molar-refractivity contribution in [3.05, 3.63) is 48.6 Å². The Kier molecular flexibility index (Phi) is 5.13. The van der Waals surface area contributed by atoms with Crippen LogP contribution in [0.25, 0.3) is 0 Å². The van der Waals surface area contributed by atoms with E-state index in [2.05, 4.69) is 56.1 Å². The largest absolute Gasteiger partial charge is 0.309 e. The van der Waals surface area contributed by atoms with Gasteiger partial charge in [0.25, 0.3) is 0 Å². The van der Waals surface area contributed by atoms with Crippen LogP contribution in [0.15, 0.2) is 43.0 Å². The zero-order valence-corrected chi connectivity index (χ0v) is 9.74. The maximum absolute atomic E-state index is 3.81. The molecule has 1 aromatic rings. The van der Waals surface area contributed by atoms with Crippen LogP contribution >= 0.6 is 0 Å². The summed E-state index contributed by atoms with van der Waals surface area (Å²) < 4.78 is 0. The highest BCUT2D eigenvalue weighted by Crippen LogP contribution is 2.16. The maximum Gasteiger partial charge on any atom is 0.0354 e. The molecule has 0 heterocycles. The Morgan fingerprint density at radius 2 is 1.93 bits per heavy atom. The van der Waals surface area contributed by atoms with E-state index in [0.717, 1.165) is 13.0 Å². The summed E-state index contributed by atoms with van der Waals surface area (Å²) in [6, 6.07) is 11.0. The van der Waals surface area contributed by atoms with Gasteiger partial charge in [0.1, 0.15) is 0 Å². The average Bonchev–Trinajstić information content (AvgIpc) is 2.25. The average molecular weight is 203 g/mol. The van der Waals surface area contributed by atoms with E-state index in [4.69, 9.17) is 0 Å². The molecule has 0 aliphatic heterocycles. The Labute approximate surface area is 93.2 Å². The minimum absolute atomic E-state index is 0.408. The van der Waals surface area contributed by atoms with Crippen molar-refractivity contribution >= 4 is 0 Å². The second-order valence-electron chi connectivity index (χ2n) is 4.29. The summed E-state index contributed by atoms with van der Waals surface area (Å²) in [7, 11) is 0. The van der Waals surface area contributed by atoms with Gasteiger partial charge in [-0.15, -0.1) is 6.58 Å². The van der Waals surface area contributed by atoms with Crippen molar-refractivity contribution in [1.82, 2.24) is 5.32 Å². The van der Waals surface area contributed by atoms with Gasteiger partial charge in [-0.25, -0.2) is 0 Å². The molecule has 0 aromatic heterocycles. The summed E-state index contributed by atoms with van der Waals surface area (Å²) in [5, 5.41) is 3.57. The van der Waals surface area contributed by atoms with Gasteiger partial charge in [0.05, 0.1) is 0 Å². The van der Waals surface area contributed by atoms with Crippen LogP contribution in [0.5, 0.6) is 0 Å². The minimum Gasteiger partial charge on any atom is -0.309 e. The zero-order chi connectivity index (χ0) is 11.1. The Morgan fingerprint density at radius 1 is 1.27 bits per heavy atom. The van der Waals surface area contributed by atoms with Crippen LogP contribution in [0.3, 0.4) is 0 Å². The summed E-state index contributed by atoms with van der Waals surface area (Å²) >= 11 is 0. The van der Waals surface area contributed by atoms with Gasteiger partial charge in [0.2, 0.25) is 0 Å². The van der Waals surface area contributed by atoms with Gasteiger partial charge in [-0.2, -0.15) is 0 Å². The normalized spacial score (nSPS) is 12.7. The molecule has 15 heavy (non-hydrogen) atoms. The standard InChI is InChI=1S/C14H21N/c1-4-8-14(15-11-12(2)3)13-9-6-5-7-10-13/h4-7,9-10,12,14-15H,1,8,11H2,2-3H3. The number of benzene rings is 1. The van der Waals surface area contributed by atoms with E-state index in [-0.39, 0.29) is 0 Å². The Hall–Kier alpha value is -1.08. The lowest BCUT2D eigenvalue weighted by Crippen LogP contribution is -2.25. The second-order valence-corrected chi connectivity index (χ2v) is 4.29. The first-order valence-corrected chi connectivity index (χ1v) is 5.63. The fourth-order valence-corrected chi connectivity index (χ4v) is 1.57. The lowest BCUT2D eigenvalue weighted by atomic mass is 10.0. The molecule has 1 heteroatoms. The Balaban J connectivity index is 2.61. The van der Waals surface area contributed by atoms with Gasteiger partial charge in [-0.3, -0.25) is 0 Å². The first-order chi connectivity index (χ1) is 7.24. The summed E-state index contributed by atoms with van der Waals surface area (Å²) in [6.07, 6.45) is 2.96. The molecule has 1 unspecified atom stereocenters. The summed E-state index contributed by atoms with van der Waals surface area (Å²) in [4.78, 5) is 0. The van der Waals surface area contributed by atoms with Crippen LogP contribution in [0.1, 0.15) is 31.9 Å². The Bertz CT molecular complexity index is 277. The zero-order valence-electron chi connectivity index (χ0n) is 9.74. The van der Waals surface area contributed by atoms with Crippen molar-refractivity contribution in [3.8, 4) is 0 Å². The SMILES string of the molecule is C=CCC(NCC(C)C)c1ccccc1. The number of nitrogens with one attached hydrogen (secondary N) is 1. The highest BCUT2D eigenvalue weighted by Gasteiger charge is 2.08. The van der Waals surface area contributed by atoms with Gasteiger partial charge in [0, 0.05) is 6.04 Å². The first-order valence-electron chi connectivity index (χ1n) is 5.63. The molecule has 82 valence electrons. The van der Waals surface area contributed by atoms with Gasteiger partial charge in [0.15, 0.2) is 0 Å². The third kappa shape index (κ3) is 4.30. The molecule has 0 radical (unpaired) electrons. The van der Waals surface area contributed by atoms with Crippen LogP contribution in [-0.4, -0.2) is 6.54 Å². The lowest BCUT2D eigenvalue weighted by Gasteiger charge is -2.19. The van der Waals surface area contributed by atoms with E-state index >= 15 is 0 Å². The summed E-state index contributed by atoms with van der Waals surface area (Å²) in [5.41, 5.74) is 1.35. The third-order valence-corrected chi connectivity index (χ3v) is 2.38. The molecule has 1 N–H and O–H groups in total. The van der Waals surface area contributed by atoms with E-state index < -0.39 is 0 Å². The second kappa shape index (κ2) is 6.41. The summed E-state index contributed by atoms with van der Waals surface area (Å²) in [5.74, 6) is 0.682. The highest BCUT2D eigenvalue weighted by molar-refractivity contribution is 5.19. The quantitative estimate of drug-likeness (QED) is 0.697.